The molecule has 0 amide bonds. The van der Waals surface area contributed by atoms with Crippen molar-refractivity contribution in [3.63, 3.8) is 0 Å². The van der Waals surface area contributed by atoms with Crippen LogP contribution in [0.4, 0.5) is 0 Å². The molecule has 1 aliphatic carbocycles. The summed E-state index contributed by atoms with van der Waals surface area (Å²) < 4.78 is 0. The van der Waals surface area contributed by atoms with E-state index in [1.54, 1.807) is 0 Å². The molecule has 1 aliphatic heterocycles. The number of carbonyl (C=O) groups is 1. The van der Waals surface area contributed by atoms with E-state index in [1.807, 2.05) is 0 Å². The largest absolute Gasteiger partial charge is 0.480 e. The summed E-state index contributed by atoms with van der Waals surface area (Å²) >= 11 is 0. The van der Waals surface area contributed by atoms with Gasteiger partial charge in [-0.1, -0.05) is 26.7 Å². The number of nitrogens with zero attached hydrogens (tertiary/aromatic N) is 1. The fraction of sp³-hybridized carbons (Fsp3) is 0.941. The lowest BCUT2D eigenvalue weighted by Crippen LogP contribution is -2.62. The second-order valence-electron chi connectivity index (χ2n) is 6.86. The van der Waals surface area contributed by atoms with Gasteiger partial charge in [0.1, 0.15) is 5.54 Å². The van der Waals surface area contributed by atoms with Crippen LogP contribution in [0.3, 0.4) is 0 Å². The summed E-state index contributed by atoms with van der Waals surface area (Å²) in [6, 6.07) is 0.563. The Hall–Kier alpha value is -0.610. The van der Waals surface area contributed by atoms with Crippen LogP contribution in [-0.4, -0.2) is 47.2 Å². The maximum Gasteiger partial charge on any atom is 0.325 e. The molecule has 122 valence electrons. The van der Waals surface area contributed by atoms with Gasteiger partial charge in [0.2, 0.25) is 0 Å². The van der Waals surface area contributed by atoms with Gasteiger partial charge in [0.25, 0.3) is 0 Å². The topological polar surface area (TPSA) is 52.6 Å². The zero-order valence-corrected chi connectivity index (χ0v) is 13.7. The van der Waals surface area contributed by atoms with E-state index < -0.39 is 11.5 Å². The van der Waals surface area contributed by atoms with Crippen LogP contribution in [0.15, 0.2) is 0 Å². The van der Waals surface area contributed by atoms with Crippen molar-refractivity contribution in [3.05, 3.63) is 0 Å². The smallest absolute Gasteiger partial charge is 0.325 e. The number of carboxylic acid groups (broad SMARTS) is 1. The number of hydrogen-bond acceptors (Lipinski definition) is 3. The van der Waals surface area contributed by atoms with E-state index >= 15 is 0 Å². The molecule has 2 aliphatic rings. The summed E-state index contributed by atoms with van der Waals surface area (Å²) in [4.78, 5) is 14.5. The van der Waals surface area contributed by atoms with Crippen molar-refractivity contribution in [1.82, 2.24) is 10.2 Å². The molecule has 21 heavy (non-hydrogen) atoms. The molecule has 4 heteroatoms. The average molecular weight is 296 g/mol. The molecule has 2 rings (SSSR count). The van der Waals surface area contributed by atoms with E-state index in [4.69, 9.17) is 0 Å². The van der Waals surface area contributed by atoms with Gasteiger partial charge in [-0.15, -0.1) is 0 Å². The minimum Gasteiger partial charge on any atom is -0.480 e. The van der Waals surface area contributed by atoms with Crippen LogP contribution in [0.25, 0.3) is 0 Å². The molecule has 1 saturated carbocycles. The Bertz CT molecular complexity index is 344. The normalized spacial score (nSPS) is 27.0. The minimum absolute atomic E-state index is 0.322. The minimum atomic E-state index is -0.715. The molecule has 0 spiro atoms. The highest BCUT2D eigenvalue weighted by molar-refractivity contribution is 5.80. The van der Waals surface area contributed by atoms with Crippen LogP contribution in [0.1, 0.15) is 65.2 Å². The van der Waals surface area contributed by atoms with Gasteiger partial charge < -0.3 is 10.4 Å². The van der Waals surface area contributed by atoms with Gasteiger partial charge in [0.15, 0.2) is 0 Å². The van der Waals surface area contributed by atoms with E-state index in [1.165, 1.54) is 25.7 Å². The highest BCUT2D eigenvalue weighted by Crippen LogP contribution is 2.41. The van der Waals surface area contributed by atoms with Crippen LogP contribution in [0, 0.1) is 5.92 Å². The molecule has 2 fully saturated rings. The van der Waals surface area contributed by atoms with E-state index in [2.05, 4.69) is 24.1 Å². The van der Waals surface area contributed by atoms with Gasteiger partial charge in [0.05, 0.1) is 0 Å². The lowest BCUT2D eigenvalue weighted by Gasteiger charge is -2.39. The third-order valence-electron chi connectivity index (χ3n) is 5.27. The van der Waals surface area contributed by atoms with E-state index in [0.29, 0.717) is 18.5 Å². The number of rotatable bonds is 8. The first-order valence-electron chi connectivity index (χ1n) is 8.86. The molecule has 1 saturated heterocycles. The number of nitrogens with one attached hydrogen (secondary N) is 1. The first kappa shape index (κ1) is 16.8. The van der Waals surface area contributed by atoms with Gasteiger partial charge in [-0.05, 0) is 57.5 Å². The summed E-state index contributed by atoms with van der Waals surface area (Å²) in [6.07, 6.45) is 9.27. The Labute approximate surface area is 129 Å². The first-order valence-corrected chi connectivity index (χ1v) is 8.86. The van der Waals surface area contributed by atoms with Crippen molar-refractivity contribution in [2.45, 2.75) is 76.8 Å². The van der Waals surface area contributed by atoms with Crippen LogP contribution in [0.5, 0.6) is 0 Å². The maximum absolute atomic E-state index is 12.1. The number of carboxylic acids is 1. The predicted molar refractivity (Wildman–Crippen MR) is 85.5 cm³/mol. The summed E-state index contributed by atoms with van der Waals surface area (Å²) in [5.41, 5.74) is -0.715. The quantitative estimate of drug-likeness (QED) is 0.723. The second-order valence-corrected chi connectivity index (χ2v) is 6.86. The van der Waals surface area contributed by atoms with E-state index in [0.717, 1.165) is 38.8 Å². The molecule has 0 aromatic heterocycles. The van der Waals surface area contributed by atoms with Crippen molar-refractivity contribution in [2.75, 3.05) is 19.6 Å². The Morgan fingerprint density at radius 2 is 2.00 bits per heavy atom. The van der Waals surface area contributed by atoms with Crippen LogP contribution >= 0.6 is 0 Å². The molecule has 2 unspecified atom stereocenters. The summed E-state index contributed by atoms with van der Waals surface area (Å²) in [5.74, 6) is -0.320. The third-order valence-corrected chi connectivity index (χ3v) is 5.27. The number of hydrogen-bond donors (Lipinski definition) is 2. The van der Waals surface area contributed by atoms with Crippen molar-refractivity contribution in [3.8, 4) is 0 Å². The number of aliphatic carboxylic acids is 1. The fourth-order valence-corrected chi connectivity index (χ4v) is 3.80. The second kappa shape index (κ2) is 7.59. The third kappa shape index (κ3) is 3.98. The highest BCUT2D eigenvalue weighted by atomic mass is 16.4. The molecule has 0 aromatic rings. The Morgan fingerprint density at radius 3 is 2.57 bits per heavy atom. The molecule has 2 atom stereocenters. The molecule has 4 nitrogen and oxygen atoms in total. The van der Waals surface area contributed by atoms with Crippen molar-refractivity contribution in [1.29, 1.82) is 0 Å². The highest BCUT2D eigenvalue weighted by Gasteiger charge is 2.52. The van der Waals surface area contributed by atoms with Crippen molar-refractivity contribution < 1.29 is 9.90 Å². The maximum atomic E-state index is 12.1. The standard InChI is InChI=1S/C17H32N2O2/c1-3-11-18-17(16(20)21,14-9-10-14)13-19-12-7-5-6-8-15(19)4-2/h14-15,18H,3-13H2,1-2H3,(H,20,21). The molecular weight excluding hydrogens is 264 g/mol. The SMILES string of the molecule is CCCNC(CN1CCCCCC1CC)(C(=O)O)C1CC1. The molecule has 0 aromatic carbocycles. The van der Waals surface area contributed by atoms with E-state index in [-0.39, 0.29) is 0 Å². The molecule has 0 bridgehead atoms. The molecule has 0 radical (unpaired) electrons. The van der Waals surface area contributed by atoms with Gasteiger partial charge in [0, 0.05) is 12.6 Å². The summed E-state index contributed by atoms with van der Waals surface area (Å²) in [7, 11) is 0. The monoisotopic (exact) mass is 296 g/mol. The van der Waals surface area contributed by atoms with Crippen LogP contribution in [-0.2, 0) is 4.79 Å². The summed E-state index contributed by atoms with van der Waals surface area (Å²) in [6.45, 7) is 6.89. The predicted octanol–water partition coefficient (Wildman–Crippen LogP) is 2.87. The van der Waals surface area contributed by atoms with E-state index in [9.17, 15) is 9.90 Å². The molecule has 1 heterocycles. The van der Waals surface area contributed by atoms with Crippen LogP contribution in [0.2, 0.25) is 0 Å². The van der Waals surface area contributed by atoms with Gasteiger partial charge in [-0.2, -0.15) is 0 Å². The van der Waals surface area contributed by atoms with Crippen molar-refractivity contribution >= 4 is 5.97 Å². The summed E-state index contributed by atoms with van der Waals surface area (Å²) in [5, 5.41) is 13.3. The van der Waals surface area contributed by atoms with Crippen molar-refractivity contribution in [2.24, 2.45) is 5.92 Å². The molecular formula is C17H32N2O2. The lowest BCUT2D eigenvalue weighted by atomic mass is 9.91. The Kier molecular flexibility index (Phi) is 6.06. The lowest BCUT2D eigenvalue weighted by molar-refractivity contribution is -0.147. The van der Waals surface area contributed by atoms with Crippen LogP contribution < -0.4 is 5.32 Å². The first-order chi connectivity index (χ1) is 10.1. The van der Waals surface area contributed by atoms with Gasteiger partial charge >= 0.3 is 5.97 Å². The zero-order chi connectivity index (χ0) is 15.3. The Morgan fingerprint density at radius 1 is 1.24 bits per heavy atom. The zero-order valence-electron chi connectivity index (χ0n) is 13.7. The Balaban J connectivity index is 2.13. The van der Waals surface area contributed by atoms with Gasteiger partial charge in [-0.25, -0.2) is 0 Å². The fourth-order valence-electron chi connectivity index (χ4n) is 3.80. The molecule has 2 N–H and O–H groups in total. The van der Waals surface area contributed by atoms with Gasteiger partial charge in [-0.3, -0.25) is 9.69 Å². The number of likely N-dealkylation sites (tertiary alicyclic amines) is 1. The average Bonchev–Trinajstić information content (AvgIpc) is 3.30.